The number of aliphatic hydroxyl groups is 1. The van der Waals surface area contributed by atoms with E-state index in [1.54, 1.807) is 4.90 Å². The molecule has 0 unspecified atom stereocenters. The van der Waals surface area contributed by atoms with Gasteiger partial charge in [-0.2, -0.15) is 0 Å². The Hall–Kier alpha value is -2.33. The molecule has 0 aromatic heterocycles. The Labute approximate surface area is 125 Å². The molecular weight excluding hydrogens is 264 g/mol. The molecule has 0 bridgehead atoms. The maximum atomic E-state index is 12.3. The summed E-state index contributed by atoms with van der Waals surface area (Å²) in [7, 11) is 0. The van der Waals surface area contributed by atoms with Crippen molar-refractivity contribution in [1.82, 2.24) is 4.90 Å². The van der Waals surface area contributed by atoms with Gasteiger partial charge in [0, 0.05) is 18.8 Å². The van der Waals surface area contributed by atoms with E-state index in [9.17, 15) is 4.79 Å². The molecule has 2 aromatic rings. The average molecular weight is 284 g/mol. The summed E-state index contributed by atoms with van der Waals surface area (Å²) in [5, 5.41) is 12.2. The molecule has 2 rings (SSSR count). The molecule has 21 heavy (non-hydrogen) atoms. The molecule has 4 heteroatoms. The van der Waals surface area contributed by atoms with Gasteiger partial charge in [-0.1, -0.05) is 48.5 Å². The smallest absolute Gasteiger partial charge is 0.242 e. The summed E-state index contributed by atoms with van der Waals surface area (Å²) in [6.45, 7) is 1.03. The number of carbonyl (C=O) groups excluding carboxylic acids is 1. The summed E-state index contributed by atoms with van der Waals surface area (Å²) in [5.74, 6) is -0.0308. The third-order valence-electron chi connectivity index (χ3n) is 3.16. The Morgan fingerprint density at radius 1 is 1.00 bits per heavy atom. The predicted molar refractivity (Wildman–Crippen MR) is 83.9 cm³/mol. The van der Waals surface area contributed by atoms with Crippen molar-refractivity contribution in [1.29, 1.82) is 0 Å². The normalized spacial score (nSPS) is 10.1. The molecule has 0 spiro atoms. The van der Waals surface area contributed by atoms with E-state index in [4.69, 9.17) is 5.11 Å². The molecule has 0 saturated carbocycles. The van der Waals surface area contributed by atoms with Crippen LogP contribution in [-0.4, -0.2) is 35.6 Å². The second-order valence-electron chi connectivity index (χ2n) is 4.74. The van der Waals surface area contributed by atoms with Crippen LogP contribution in [0.15, 0.2) is 60.7 Å². The summed E-state index contributed by atoms with van der Waals surface area (Å²) < 4.78 is 0. The van der Waals surface area contributed by atoms with Crippen LogP contribution < -0.4 is 5.32 Å². The standard InChI is InChI=1S/C17H20N2O2/c20-12-11-19(14-15-7-3-1-4-8-15)17(21)13-18-16-9-5-2-6-10-16/h1-10,18,20H,11-14H2. The SMILES string of the molecule is O=C(CNc1ccccc1)N(CCO)Cc1ccccc1. The summed E-state index contributed by atoms with van der Waals surface area (Å²) in [6.07, 6.45) is 0. The number of hydrogen-bond acceptors (Lipinski definition) is 3. The maximum absolute atomic E-state index is 12.3. The largest absolute Gasteiger partial charge is 0.395 e. The van der Waals surface area contributed by atoms with Crippen LogP contribution in [0, 0.1) is 0 Å². The number of rotatable bonds is 7. The summed E-state index contributed by atoms with van der Waals surface area (Å²) in [6, 6.07) is 19.4. The Bertz CT molecular complexity index is 543. The second-order valence-corrected chi connectivity index (χ2v) is 4.74. The van der Waals surface area contributed by atoms with E-state index in [2.05, 4.69) is 5.32 Å². The number of anilines is 1. The van der Waals surface area contributed by atoms with Gasteiger partial charge in [0.05, 0.1) is 13.2 Å². The van der Waals surface area contributed by atoms with Gasteiger partial charge in [0.15, 0.2) is 0 Å². The van der Waals surface area contributed by atoms with Crippen LogP contribution in [0.25, 0.3) is 0 Å². The minimum Gasteiger partial charge on any atom is -0.395 e. The van der Waals surface area contributed by atoms with Gasteiger partial charge >= 0.3 is 0 Å². The first-order valence-corrected chi connectivity index (χ1v) is 7.01. The number of para-hydroxylation sites is 1. The molecule has 0 atom stereocenters. The molecule has 2 N–H and O–H groups in total. The topological polar surface area (TPSA) is 52.6 Å². The monoisotopic (exact) mass is 284 g/mol. The zero-order chi connectivity index (χ0) is 14.9. The minimum atomic E-state index is -0.0378. The van der Waals surface area contributed by atoms with Crippen LogP contribution in [0.3, 0.4) is 0 Å². The molecular formula is C17H20N2O2. The maximum Gasteiger partial charge on any atom is 0.242 e. The van der Waals surface area contributed by atoms with Crippen molar-refractivity contribution in [3.8, 4) is 0 Å². The van der Waals surface area contributed by atoms with E-state index < -0.39 is 0 Å². The molecule has 0 aliphatic carbocycles. The first-order valence-electron chi connectivity index (χ1n) is 7.01. The lowest BCUT2D eigenvalue weighted by Gasteiger charge is -2.22. The number of amides is 1. The predicted octanol–water partition coefficient (Wildman–Crippen LogP) is 2.12. The zero-order valence-electron chi connectivity index (χ0n) is 11.9. The highest BCUT2D eigenvalue weighted by Crippen LogP contribution is 2.07. The van der Waals surface area contributed by atoms with E-state index in [0.717, 1.165) is 11.3 Å². The van der Waals surface area contributed by atoms with Crippen LogP contribution in [0.5, 0.6) is 0 Å². The Morgan fingerprint density at radius 2 is 1.62 bits per heavy atom. The highest BCUT2D eigenvalue weighted by molar-refractivity contribution is 5.80. The van der Waals surface area contributed by atoms with E-state index in [1.807, 2.05) is 60.7 Å². The number of benzene rings is 2. The van der Waals surface area contributed by atoms with E-state index in [-0.39, 0.29) is 19.1 Å². The number of hydrogen-bond donors (Lipinski definition) is 2. The van der Waals surface area contributed by atoms with Gasteiger partial charge in [-0.25, -0.2) is 0 Å². The van der Waals surface area contributed by atoms with E-state index >= 15 is 0 Å². The van der Waals surface area contributed by atoms with Crippen molar-refractivity contribution >= 4 is 11.6 Å². The number of carbonyl (C=O) groups is 1. The molecule has 1 amide bonds. The Morgan fingerprint density at radius 3 is 2.24 bits per heavy atom. The molecule has 0 radical (unpaired) electrons. The van der Waals surface area contributed by atoms with Gasteiger partial charge in [0.25, 0.3) is 0 Å². The lowest BCUT2D eigenvalue weighted by atomic mass is 10.2. The van der Waals surface area contributed by atoms with Gasteiger partial charge in [-0.15, -0.1) is 0 Å². The molecule has 0 saturated heterocycles. The van der Waals surface area contributed by atoms with Crippen molar-refractivity contribution in [2.75, 3.05) is 25.0 Å². The summed E-state index contributed by atoms with van der Waals surface area (Å²) in [5.41, 5.74) is 1.97. The first-order chi connectivity index (χ1) is 10.3. The molecule has 110 valence electrons. The Balaban J connectivity index is 1.92. The van der Waals surface area contributed by atoms with Crippen molar-refractivity contribution in [2.24, 2.45) is 0 Å². The zero-order valence-corrected chi connectivity index (χ0v) is 11.9. The highest BCUT2D eigenvalue weighted by atomic mass is 16.3. The minimum absolute atomic E-state index is 0.0308. The van der Waals surface area contributed by atoms with Gasteiger partial charge in [-0.05, 0) is 17.7 Å². The number of nitrogens with one attached hydrogen (secondary N) is 1. The van der Waals surface area contributed by atoms with Crippen molar-refractivity contribution < 1.29 is 9.90 Å². The van der Waals surface area contributed by atoms with Crippen LogP contribution in [-0.2, 0) is 11.3 Å². The van der Waals surface area contributed by atoms with Gasteiger partial charge < -0.3 is 15.3 Å². The molecule has 4 nitrogen and oxygen atoms in total. The summed E-state index contributed by atoms with van der Waals surface area (Å²) in [4.78, 5) is 13.9. The summed E-state index contributed by atoms with van der Waals surface area (Å²) >= 11 is 0. The fourth-order valence-corrected chi connectivity index (χ4v) is 2.06. The van der Waals surface area contributed by atoms with Crippen LogP contribution in [0.2, 0.25) is 0 Å². The van der Waals surface area contributed by atoms with Crippen LogP contribution in [0.1, 0.15) is 5.56 Å². The molecule has 0 fully saturated rings. The highest BCUT2D eigenvalue weighted by Gasteiger charge is 2.13. The van der Waals surface area contributed by atoms with Crippen molar-refractivity contribution in [3.63, 3.8) is 0 Å². The molecule has 2 aromatic carbocycles. The van der Waals surface area contributed by atoms with E-state index in [0.29, 0.717) is 13.1 Å². The van der Waals surface area contributed by atoms with E-state index in [1.165, 1.54) is 0 Å². The average Bonchev–Trinajstić information content (AvgIpc) is 2.54. The lowest BCUT2D eigenvalue weighted by Crippen LogP contribution is -2.37. The second kappa shape index (κ2) is 8.07. The number of nitrogens with zero attached hydrogens (tertiary/aromatic N) is 1. The number of aliphatic hydroxyl groups excluding tert-OH is 1. The van der Waals surface area contributed by atoms with Crippen molar-refractivity contribution in [2.45, 2.75) is 6.54 Å². The fraction of sp³-hybridized carbons (Fsp3) is 0.235. The fourth-order valence-electron chi connectivity index (χ4n) is 2.06. The van der Waals surface area contributed by atoms with Crippen LogP contribution in [0.4, 0.5) is 5.69 Å². The van der Waals surface area contributed by atoms with Crippen molar-refractivity contribution in [3.05, 3.63) is 66.2 Å². The first kappa shape index (κ1) is 15.1. The third kappa shape index (κ3) is 4.93. The molecule has 0 aliphatic rings. The quantitative estimate of drug-likeness (QED) is 0.819. The Kier molecular flexibility index (Phi) is 5.79. The molecule has 0 heterocycles. The van der Waals surface area contributed by atoms with Crippen LogP contribution >= 0.6 is 0 Å². The van der Waals surface area contributed by atoms with Gasteiger partial charge in [0.2, 0.25) is 5.91 Å². The lowest BCUT2D eigenvalue weighted by molar-refractivity contribution is -0.130. The van der Waals surface area contributed by atoms with Gasteiger partial charge in [-0.3, -0.25) is 4.79 Å². The molecule has 0 aliphatic heterocycles. The van der Waals surface area contributed by atoms with Gasteiger partial charge in [0.1, 0.15) is 0 Å². The third-order valence-corrected chi connectivity index (χ3v) is 3.16.